The van der Waals surface area contributed by atoms with Gasteiger partial charge in [-0.15, -0.1) is 0 Å². The van der Waals surface area contributed by atoms with E-state index in [1.54, 1.807) is 13.2 Å². The Hall–Kier alpha value is -3.54. The first-order valence-electron chi connectivity index (χ1n) is 10.7. The number of hydrogen-bond donors (Lipinski definition) is 4. The quantitative estimate of drug-likeness (QED) is 0.405. The van der Waals surface area contributed by atoms with E-state index in [0.29, 0.717) is 24.8 Å². The van der Waals surface area contributed by atoms with Crippen molar-refractivity contribution in [3.8, 4) is 11.3 Å². The summed E-state index contributed by atoms with van der Waals surface area (Å²) in [5, 5.41) is 21.8. The molecule has 35 heavy (non-hydrogen) atoms. The zero-order valence-electron chi connectivity index (χ0n) is 18.7. The number of nitrogens with one attached hydrogen (secondary N) is 2. The number of carbonyl (C=O) groups is 1. The fourth-order valence-corrected chi connectivity index (χ4v) is 3.70. The highest BCUT2D eigenvalue weighted by Crippen LogP contribution is 2.34. The number of aliphatic hydroxyl groups is 2. The zero-order chi connectivity index (χ0) is 25.5. The molecule has 3 atom stereocenters. The molecule has 4 rings (SSSR count). The van der Waals surface area contributed by atoms with Crippen LogP contribution in [-0.4, -0.2) is 52.3 Å². The molecule has 0 saturated carbocycles. The molecule has 1 aromatic carbocycles. The summed E-state index contributed by atoms with van der Waals surface area (Å²) in [5.74, 6) is -2.75. The maximum absolute atomic E-state index is 13.4. The average molecular weight is 491 g/mol. The molecule has 3 heterocycles. The monoisotopic (exact) mass is 491 g/mol. The molecule has 3 aromatic rings. The van der Waals surface area contributed by atoms with Gasteiger partial charge in [0, 0.05) is 43.4 Å². The van der Waals surface area contributed by atoms with E-state index in [-0.39, 0.29) is 30.1 Å². The van der Waals surface area contributed by atoms with Crippen LogP contribution in [0.2, 0.25) is 0 Å². The van der Waals surface area contributed by atoms with Crippen molar-refractivity contribution in [3.63, 3.8) is 0 Å². The van der Waals surface area contributed by atoms with E-state index in [1.807, 2.05) is 0 Å². The molecule has 1 fully saturated rings. The fourth-order valence-electron chi connectivity index (χ4n) is 3.70. The first-order chi connectivity index (χ1) is 16.8. The lowest BCUT2D eigenvalue weighted by Crippen LogP contribution is -2.34. The lowest BCUT2D eigenvalue weighted by atomic mass is 9.96. The van der Waals surface area contributed by atoms with E-state index in [0.717, 1.165) is 35.9 Å². The molecule has 8 nitrogen and oxygen atoms in total. The van der Waals surface area contributed by atoms with Gasteiger partial charge in [-0.3, -0.25) is 9.59 Å². The molecule has 1 aliphatic rings. The van der Waals surface area contributed by atoms with E-state index < -0.39 is 34.8 Å². The number of halogens is 3. The number of aromatic amines is 1. The standard InChI is InChI=1S/C12H6F3NO.C12H18N2O4/c13-8-2-1-3-9(14)11(8)12-10(15)5-4-7(6-17)16-12;1-13-10-4-12(17)14-5-9(10)11-3-7(16)2-8(6-15)18-11/h1-6H;4-5,7-8,11,15-16H,2-3,6H2,1H3,(H2,13,14,17). The van der Waals surface area contributed by atoms with Crippen molar-refractivity contribution in [2.24, 2.45) is 0 Å². The Morgan fingerprint density at radius 2 is 1.89 bits per heavy atom. The number of pyridine rings is 2. The molecule has 2 aromatic heterocycles. The third-order valence-electron chi connectivity index (χ3n) is 5.34. The van der Waals surface area contributed by atoms with Crippen molar-refractivity contribution in [3.05, 3.63) is 81.7 Å². The minimum atomic E-state index is -0.931. The molecule has 0 bridgehead atoms. The van der Waals surface area contributed by atoms with Gasteiger partial charge in [0.05, 0.1) is 30.5 Å². The van der Waals surface area contributed by atoms with Gasteiger partial charge in [-0.25, -0.2) is 18.2 Å². The number of anilines is 1. The van der Waals surface area contributed by atoms with Crippen molar-refractivity contribution >= 4 is 12.0 Å². The highest BCUT2D eigenvalue weighted by molar-refractivity contribution is 5.74. The Morgan fingerprint density at radius 1 is 1.17 bits per heavy atom. The Balaban J connectivity index is 0.000000196. The van der Waals surface area contributed by atoms with Crippen molar-refractivity contribution in [2.45, 2.75) is 31.2 Å². The summed E-state index contributed by atoms with van der Waals surface area (Å²) >= 11 is 0. The number of rotatable bonds is 5. The Kier molecular flexibility index (Phi) is 8.74. The topological polar surface area (TPSA) is 125 Å². The van der Waals surface area contributed by atoms with Gasteiger partial charge in [-0.1, -0.05) is 6.07 Å². The van der Waals surface area contributed by atoms with E-state index in [1.165, 1.54) is 6.07 Å². The summed E-state index contributed by atoms with van der Waals surface area (Å²) in [4.78, 5) is 27.9. The predicted octanol–water partition coefficient (Wildman–Crippen LogP) is 2.97. The van der Waals surface area contributed by atoms with Crippen molar-refractivity contribution < 1.29 is 32.9 Å². The van der Waals surface area contributed by atoms with E-state index in [2.05, 4.69) is 15.3 Å². The van der Waals surface area contributed by atoms with Crippen LogP contribution in [0.5, 0.6) is 0 Å². The molecule has 4 N–H and O–H groups in total. The van der Waals surface area contributed by atoms with Crippen LogP contribution in [0.1, 0.15) is 35.0 Å². The molecule has 186 valence electrons. The van der Waals surface area contributed by atoms with Gasteiger partial charge in [0.1, 0.15) is 28.8 Å². The Morgan fingerprint density at radius 3 is 2.51 bits per heavy atom. The lowest BCUT2D eigenvalue weighted by Gasteiger charge is -2.33. The summed E-state index contributed by atoms with van der Waals surface area (Å²) in [6.07, 6.45) is 1.66. The number of ether oxygens (including phenoxy) is 1. The maximum atomic E-state index is 13.4. The first-order valence-corrected chi connectivity index (χ1v) is 10.7. The molecular formula is C24H24F3N3O5. The number of carbonyl (C=O) groups excluding carboxylic acids is 1. The minimum absolute atomic E-state index is 0.0935. The van der Waals surface area contributed by atoms with Crippen molar-refractivity contribution in [1.82, 2.24) is 9.97 Å². The number of aromatic nitrogens is 2. The summed E-state index contributed by atoms with van der Waals surface area (Å²) in [6.45, 7) is -0.119. The molecule has 1 saturated heterocycles. The largest absolute Gasteiger partial charge is 0.394 e. The number of H-pyrrole nitrogens is 1. The highest BCUT2D eigenvalue weighted by Gasteiger charge is 2.30. The summed E-state index contributed by atoms with van der Waals surface area (Å²) in [6, 6.07) is 6.67. The van der Waals surface area contributed by atoms with Crippen LogP contribution in [0.4, 0.5) is 18.9 Å². The molecule has 0 radical (unpaired) electrons. The van der Waals surface area contributed by atoms with Crippen molar-refractivity contribution in [1.29, 1.82) is 0 Å². The molecule has 0 amide bonds. The average Bonchev–Trinajstić information content (AvgIpc) is 2.84. The number of aldehydes is 1. The molecule has 11 heteroatoms. The van der Waals surface area contributed by atoms with Crippen molar-refractivity contribution in [2.75, 3.05) is 19.0 Å². The lowest BCUT2D eigenvalue weighted by molar-refractivity contribution is -0.113. The maximum Gasteiger partial charge on any atom is 0.249 e. The molecule has 0 spiro atoms. The van der Waals surface area contributed by atoms with Crippen LogP contribution in [-0.2, 0) is 4.74 Å². The Bertz CT molecular complexity index is 1220. The summed E-state index contributed by atoms with van der Waals surface area (Å²) in [7, 11) is 1.72. The van der Waals surface area contributed by atoms with Crippen LogP contribution < -0.4 is 10.9 Å². The number of aliphatic hydroxyl groups excluding tert-OH is 2. The number of nitrogens with zero attached hydrogens (tertiary/aromatic N) is 1. The van der Waals surface area contributed by atoms with E-state index >= 15 is 0 Å². The second kappa shape index (κ2) is 11.7. The smallest absolute Gasteiger partial charge is 0.249 e. The van der Waals surface area contributed by atoms with Gasteiger partial charge < -0.3 is 25.3 Å². The van der Waals surface area contributed by atoms with Gasteiger partial charge in [-0.05, 0) is 24.3 Å². The Labute approximate surface area is 198 Å². The molecule has 0 aliphatic carbocycles. The van der Waals surface area contributed by atoms with Gasteiger partial charge in [-0.2, -0.15) is 0 Å². The minimum Gasteiger partial charge on any atom is -0.394 e. The van der Waals surface area contributed by atoms with Crippen LogP contribution >= 0.6 is 0 Å². The first kappa shape index (κ1) is 26.1. The zero-order valence-corrected chi connectivity index (χ0v) is 18.7. The summed E-state index contributed by atoms with van der Waals surface area (Å²) in [5.41, 5.74) is 0.0879. The molecule has 3 unspecified atom stereocenters. The second-order valence-electron chi connectivity index (χ2n) is 7.75. The van der Waals surface area contributed by atoms with Gasteiger partial charge in [0.25, 0.3) is 0 Å². The van der Waals surface area contributed by atoms with Gasteiger partial charge in [0.2, 0.25) is 5.56 Å². The predicted molar refractivity (Wildman–Crippen MR) is 121 cm³/mol. The number of benzene rings is 1. The van der Waals surface area contributed by atoms with E-state index in [4.69, 9.17) is 9.84 Å². The third kappa shape index (κ3) is 6.32. The third-order valence-corrected chi connectivity index (χ3v) is 5.34. The van der Waals surface area contributed by atoms with Crippen LogP contribution in [0.15, 0.2) is 47.4 Å². The second-order valence-corrected chi connectivity index (χ2v) is 7.75. The molecular weight excluding hydrogens is 467 g/mol. The van der Waals surface area contributed by atoms with Gasteiger partial charge >= 0.3 is 0 Å². The SMILES string of the molecule is CNc1cc(=O)[nH]cc1C1CC(O)CC(CO)O1.O=Cc1ccc(F)c(-c2c(F)cccc2F)n1. The van der Waals surface area contributed by atoms with Crippen LogP contribution in [0, 0.1) is 17.5 Å². The number of hydrogen-bond acceptors (Lipinski definition) is 7. The van der Waals surface area contributed by atoms with Crippen LogP contribution in [0.25, 0.3) is 11.3 Å². The normalized spacial score (nSPS) is 19.4. The molecule has 1 aliphatic heterocycles. The fraction of sp³-hybridized carbons (Fsp3) is 0.292. The summed E-state index contributed by atoms with van der Waals surface area (Å²) < 4.78 is 46.0. The highest BCUT2D eigenvalue weighted by atomic mass is 19.1. The van der Waals surface area contributed by atoms with Gasteiger partial charge in [0.15, 0.2) is 6.29 Å². The van der Waals surface area contributed by atoms with E-state index in [9.17, 15) is 27.9 Å². The van der Waals surface area contributed by atoms with Crippen LogP contribution in [0.3, 0.4) is 0 Å².